The van der Waals surface area contributed by atoms with Crippen molar-refractivity contribution in [2.45, 2.75) is 302 Å². The average molecular weight is 881 g/mol. The van der Waals surface area contributed by atoms with E-state index < -0.39 is 12.1 Å². The summed E-state index contributed by atoms with van der Waals surface area (Å²) >= 11 is 0. The molecule has 368 valence electrons. The number of nitrogens with one attached hydrogen (secondary N) is 1. The molecule has 0 aliphatic rings. The molecule has 2 atom stereocenters. The highest BCUT2D eigenvalue weighted by molar-refractivity contribution is 5.76. The largest absolute Gasteiger partial charge is 0.394 e. The van der Waals surface area contributed by atoms with Gasteiger partial charge in [0.25, 0.3) is 0 Å². The number of aliphatic hydroxyl groups excluding tert-OH is 2. The van der Waals surface area contributed by atoms with Crippen LogP contribution >= 0.6 is 0 Å². The number of amides is 1. The third kappa shape index (κ3) is 50.9. The Balaban J connectivity index is 3.57. The van der Waals surface area contributed by atoms with E-state index in [9.17, 15) is 15.0 Å². The third-order valence-electron chi connectivity index (χ3n) is 12.7. The number of allylic oxidation sites excluding steroid dienone is 9. The van der Waals surface area contributed by atoms with E-state index in [1.54, 1.807) is 6.08 Å². The molecule has 0 spiro atoms. The fourth-order valence-corrected chi connectivity index (χ4v) is 8.42. The highest BCUT2D eigenvalue weighted by Crippen LogP contribution is 2.16. The minimum Gasteiger partial charge on any atom is -0.394 e. The highest BCUT2D eigenvalue weighted by atomic mass is 16.3. The van der Waals surface area contributed by atoms with E-state index in [2.05, 4.69) is 67.8 Å². The second-order valence-corrected chi connectivity index (χ2v) is 19.0. The molecule has 0 aliphatic heterocycles. The fraction of sp³-hybridized carbons (Fsp3) is 0.814. The minimum atomic E-state index is -0.874. The molecule has 0 aromatic rings. The summed E-state index contributed by atoms with van der Waals surface area (Å²) in [5, 5.41) is 23.1. The molecule has 0 heterocycles. The molecule has 0 saturated heterocycles. The molecule has 0 aromatic carbocycles. The maximum Gasteiger partial charge on any atom is 0.220 e. The molecule has 4 nitrogen and oxygen atoms in total. The SMILES string of the molecule is CCCCCCCCCCC/C=C\C/C=C\CCCCCCCCCCCCCC(=O)NC(CO)C(O)/C=C/CC/C=C/CC/C=C/CCCCCCCCCCCCCCCC. The fourth-order valence-electron chi connectivity index (χ4n) is 8.42. The van der Waals surface area contributed by atoms with Gasteiger partial charge < -0.3 is 15.5 Å². The predicted molar refractivity (Wildman–Crippen MR) is 281 cm³/mol. The van der Waals surface area contributed by atoms with Crippen LogP contribution in [0.4, 0.5) is 0 Å². The number of hydrogen-bond acceptors (Lipinski definition) is 3. The van der Waals surface area contributed by atoms with Crippen LogP contribution in [-0.4, -0.2) is 34.9 Å². The third-order valence-corrected chi connectivity index (χ3v) is 12.7. The van der Waals surface area contributed by atoms with E-state index in [1.165, 1.54) is 225 Å². The molecule has 0 fully saturated rings. The highest BCUT2D eigenvalue weighted by Gasteiger charge is 2.18. The Morgan fingerprint density at radius 1 is 0.381 bits per heavy atom. The number of rotatable bonds is 51. The summed E-state index contributed by atoms with van der Waals surface area (Å²) in [6.45, 7) is 4.31. The van der Waals surface area contributed by atoms with E-state index >= 15 is 0 Å². The van der Waals surface area contributed by atoms with Crippen LogP contribution in [0.5, 0.6) is 0 Å². The quantitative estimate of drug-likeness (QED) is 0.0421. The number of hydrogen-bond donors (Lipinski definition) is 3. The Hall–Kier alpha value is -1.91. The summed E-state index contributed by atoms with van der Waals surface area (Å²) < 4.78 is 0. The van der Waals surface area contributed by atoms with Gasteiger partial charge in [0.2, 0.25) is 5.91 Å². The molecule has 0 aliphatic carbocycles. The van der Waals surface area contributed by atoms with Gasteiger partial charge in [-0.1, -0.05) is 267 Å². The molecule has 2 unspecified atom stereocenters. The Morgan fingerprint density at radius 2 is 0.667 bits per heavy atom. The molecule has 0 bridgehead atoms. The Morgan fingerprint density at radius 3 is 1.02 bits per heavy atom. The first-order chi connectivity index (χ1) is 31.2. The molecule has 0 rings (SSSR count). The van der Waals surface area contributed by atoms with E-state index in [0.29, 0.717) is 6.42 Å². The van der Waals surface area contributed by atoms with Gasteiger partial charge in [0.1, 0.15) is 0 Å². The number of carbonyl (C=O) groups is 1. The Labute approximate surface area is 394 Å². The lowest BCUT2D eigenvalue weighted by atomic mass is 10.0. The normalized spacial score (nSPS) is 13.3. The van der Waals surface area contributed by atoms with Crippen molar-refractivity contribution >= 4 is 5.91 Å². The lowest BCUT2D eigenvalue weighted by Gasteiger charge is -2.19. The molecule has 0 aromatic heterocycles. The van der Waals surface area contributed by atoms with E-state index in [-0.39, 0.29) is 12.5 Å². The molecular formula is C59H109NO3. The van der Waals surface area contributed by atoms with Gasteiger partial charge in [-0.2, -0.15) is 0 Å². The first-order valence-electron chi connectivity index (χ1n) is 28.0. The molecule has 0 saturated carbocycles. The number of carbonyl (C=O) groups excluding carboxylic acids is 1. The molecular weight excluding hydrogens is 771 g/mol. The zero-order valence-corrected chi connectivity index (χ0v) is 42.3. The topological polar surface area (TPSA) is 69.6 Å². The lowest BCUT2D eigenvalue weighted by Crippen LogP contribution is -2.45. The van der Waals surface area contributed by atoms with Crippen molar-refractivity contribution < 1.29 is 15.0 Å². The second-order valence-electron chi connectivity index (χ2n) is 19.0. The van der Waals surface area contributed by atoms with Gasteiger partial charge in [0.05, 0.1) is 18.8 Å². The average Bonchev–Trinajstić information content (AvgIpc) is 3.29. The van der Waals surface area contributed by atoms with Crippen LogP contribution in [0.2, 0.25) is 0 Å². The first kappa shape index (κ1) is 61.1. The number of aliphatic hydroxyl groups is 2. The zero-order chi connectivity index (χ0) is 45.6. The van der Waals surface area contributed by atoms with Crippen LogP contribution in [-0.2, 0) is 4.79 Å². The van der Waals surface area contributed by atoms with Crippen LogP contribution in [0.25, 0.3) is 0 Å². The van der Waals surface area contributed by atoms with E-state index in [1.807, 2.05) is 6.08 Å². The lowest BCUT2D eigenvalue weighted by molar-refractivity contribution is -0.123. The van der Waals surface area contributed by atoms with Gasteiger partial charge in [0, 0.05) is 6.42 Å². The minimum absolute atomic E-state index is 0.0787. The number of unbranched alkanes of at least 4 members (excludes halogenated alkanes) is 36. The molecule has 63 heavy (non-hydrogen) atoms. The standard InChI is InChI=1S/C59H109NO3/c1-3-5-7-9-11-13-15-17-19-21-23-25-27-29-30-31-33-35-37-39-41-43-45-47-49-51-53-55-59(63)60-57(56-61)58(62)54-52-50-48-46-44-42-40-38-36-34-32-28-26-24-22-20-18-16-14-12-10-8-6-4-2/h23,25,29-30,36,38,44,46,52,54,57-58,61-62H,3-22,24,26-28,31-35,37,39-43,45,47-51,53,55-56H2,1-2H3,(H,60,63)/b25-23-,30-29-,38-36+,46-44+,54-52+. The van der Waals surface area contributed by atoms with Gasteiger partial charge in [0.15, 0.2) is 0 Å². The Bertz CT molecular complexity index is 1040. The van der Waals surface area contributed by atoms with Gasteiger partial charge in [-0.15, -0.1) is 0 Å². The second kappa shape index (κ2) is 54.4. The zero-order valence-electron chi connectivity index (χ0n) is 42.3. The van der Waals surface area contributed by atoms with Gasteiger partial charge in [-0.3, -0.25) is 4.79 Å². The summed E-state index contributed by atoms with van der Waals surface area (Å²) in [5.41, 5.74) is 0. The molecule has 1 amide bonds. The van der Waals surface area contributed by atoms with Crippen molar-refractivity contribution in [3.05, 3.63) is 60.8 Å². The maximum atomic E-state index is 12.5. The summed E-state index contributed by atoms with van der Waals surface area (Å²) in [6, 6.07) is -0.650. The van der Waals surface area contributed by atoms with E-state index in [4.69, 9.17) is 0 Å². The van der Waals surface area contributed by atoms with Crippen LogP contribution in [0.3, 0.4) is 0 Å². The maximum absolute atomic E-state index is 12.5. The van der Waals surface area contributed by atoms with Crippen molar-refractivity contribution in [2.75, 3.05) is 6.61 Å². The predicted octanol–water partition coefficient (Wildman–Crippen LogP) is 18.4. The van der Waals surface area contributed by atoms with Crippen molar-refractivity contribution in [1.82, 2.24) is 5.32 Å². The van der Waals surface area contributed by atoms with Crippen molar-refractivity contribution in [1.29, 1.82) is 0 Å². The van der Waals surface area contributed by atoms with Gasteiger partial charge in [-0.25, -0.2) is 0 Å². The molecule has 4 heteroatoms. The molecule has 3 N–H and O–H groups in total. The van der Waals surface area contributed by atoms with Crippen molar-refractivity contribution in [3.8, 4) is 0 Å². The Kier molecular flexibility index (Phi) is 52.8. The van der Waals surface area contributed by atoms with Gasteiger partial charge in [-0.05, 0) is 77.0 Å². The summed E-state index contributed by atoms with van der Waals surface area (Å²) in [6.07, 6.45) is 76.7. The summed E-state index contributed by atoms with van der Waals surface area (Å²) in [4.78, 5) is 12.5. The van der Waals surface area contributed by atoms with Crippen LogP contribution in [0.1, 0.15) is 290 Å². The van der Waals surface area contributed by atoms with Crippen LogP contribution in [0.15, 0.2) is 60.8 Å². The first-order valence-corrected chi connectivity index (χ1v) is 28.0. The monoisotopic (exact) mass is 880 g/mol. The van der Waals surface area contributed by atoms with Crippen molar-refractivity contribution in [3.63, 3.8) is 0 Å². The molecule has 0 radical (unpaired) electrons. The summed E-state index contributed by atoms with van der Waals surface area (Å²) in [7, 11) is 0. The van der Waals surface area contributed by atoms with Gasteiger partial charge >= 0.3 is 0 Å². The summed E-state index contributed by atoms with van der Waals surface area (Å²) in [5.74, 6) is -0.0787. The van der Waals surface area contributed by atoms with Crippen LogP contribution < -0.4 is 5.32 Å². The van der Waals surface area contributed by atoms with Crippen LogP contribution in [0, 0.1) is 0 Å². The van der Waals surface area contributed by atoms with E-state index in [0.717, 1.165) is 44.9 Å². The smallest absolute Gasteiger partial charge is 0.220 e. The van der Waals surface area contributed by atoms with Crippen molar-refractivity contribution in [2.24, 2.45) is 0 Å².